The van der Waals surface area contributed by atoms with E-state index in [1.807, 2.05) is 28.5 Å². The first-order valence-corrected chi connectivity index (χ1v) is 8.72. The lowest BCUT2D eigenvalue weighted by molar-refractivity contribution is 0.189. The first-order chi connectivity index (χ1) is 10.8. The number of pyridine rings is 1. The van der Waals surface area contributed by atoms with Crippen LogP contribution in [0.25, 0.3) is 0 Å². The van der Waals surface area contributed by atoms with Crippen molar-refractivity contribution < 1.29 is 4.79 Å². The molecule has 1 N–H and O–H groups in total. The predicted octanol–water partition coefficient (Wildman–Crippen LogP) is 4.95. The molecule has 2 aromatic rings. The third-order valence-corrected chi connectivity index (χ3v) is 5.13. The van der Waals surface area contributed by atoms with E-state index in [9.17, 15) is 4.79 Å². The molecule has 0 radical (unpaired) electrons. The first kappa shape index (κ1) is 15.3. The third kappa shape index (κ3) is 3.42. The summed E-state index contributed by atoms with van der Waals surface area (Å²) in [4.78, 5) is 18.7. The highest BCUT2D eigenvalue weighted by Gasteiger charge is 2.27. The molecule has 1 unspecified atom stereocenters. The number of amides is 2. The quantitative estimate of drug-likeness (QED) is 0.844. The Hall–Kier alpha value is -1.59. The summed E-state index contributed by atoms with van der Waals surface area (Å²) in [5.74, 6) is 0. The SMILES string of the molecule is O=C(Nc1ccsc1Cl)N1CCCCCC1c1ccncc1. The fourth-order valence-electron chi connectivity index (χ4n) is 2.85. The lowest BCUT2D eigenvalue weighted by Gasteiger charge is -2.30. The van der Waals surface area contributed by atoms with Gasteiger partial charge in [-0.2, -0.15) is 0 Å². The number of halogens is 1. The normalized spacial score (nSPS) is 18.8. The van der Waals surface area contributed by atoms with E-state index in [1.54, 1.807) is 12.4 Å². The summed E-state index contributed by atoms with van der Waals surface area (Å²) < 4.78 is 0.614. The van der Waals surface area contributed by atoms with Gasteiger partial charge in [-0.05, 0) is 42.0 Å². The van der Waals surface area contributed by atoms with Gasteiger partial charge in [0.15, 0.2) is 0 Å². The van der Waals surface area contributed by atoms with E-state index in [2.05, 4.69) is 10.3 Å². The molecule has 0 spiro atoms. The van der Waals surface area contributed by atoms with Crippen LogP contribution < -0.4 is 5.32 Å². The minimum Gasteiger partial charge on any atom is -0.317 e. The van der Waals surface area contributed by atoms with Crippen molar-refractivity contribution in [2.75, 3.05) is 11.9 Å². The summed E-state index contributed by atoms with van der Waals surface area (Å²) in [7, 11) is 0. The Bertz CT molecular complexity index is 631. The number of carbonyl (C=O) groups is 1. The molecule has 3 rings (SSSR count). The molecule has 1 aliphatic rings. The second-order valence-corrected chi connectivity index (χ2v) is 6.90. The molecule has 4 nitrogen and oxygen atoms in total. The van der Waals surface area contributed by atoms with Gasteiger partial charge in [0.2, 0.25) is 0 Å². The smallest absolute Gasteiger partial charge is 0.317 e. The summed E-state index contributed by atoms with van der Waals surface area (Å²) in [5.41, 5.74) is 1.83. The fourth-order valence-corrected chi connectivity index (χ4v) is 3.69. The van der Waals surface area contributed by atoms with Crippen molar-refractivity contribution in [2.45, 2.75) is 31.7 Å². The molecule has 116 valence electrons. The van der Waals surface area contributed by atoms with Gasteiger partial charge in [0.25, 0.3) is 0 Å². The maximum atomic E-state index is 12.7. The number of aromatic nitrogens is 1. The van der Waals surface area contributed by atoms with Crippen molar-refractivity contribution in [2.24, 2.45) is 0 Å². The molecule has 22 heavy (non-hydrogen) atoms. The molecule has 1 aliphatic heterocycles. The van der Waals surface area contributed by atoms with Crippen LogP contribution in [0.2, 0.25) is 4.34 Å². The zero-order chi connectivity index (χ0) is 15.4. The number of thiophene rings is 1. The Morgan fingerprint density at radius 3 is 2.82 bits per heavy atom. The topological polar surface area (TPSA) is 45.2 Å². The Morgan fingerprint density at radius 2 is 2.09 bits per heavy atom. The second-order valence-electron chi connectivity index (χ2n) is 5.38. The van der Waals surface area contributed by atoms with E-state index in [0.29, 0.717) is 10.0 Å². The highest BCUT2D eigenvalue weighted by atomic mass is 35.5. The molecule has 2 aromatic heterocycles. The minimum atomic E-state index is -0.0796. The van der Waals surface area contributed by atoms with Crippen LogP contribution in [0.4, 0.5) is 10.5 Å². The van der Waals surface area contributed by atoms with Crippen LogP contribution in [-0.4, -0.2) is 22.5 Å². The highest BCUT2D eigenvalue weighted by Crippen LogP contribution is 2.32. The van der Waals surface area contributed by atoms with Crippen LogP contribution in [0.15, 0.2) is 36.0 Å². The van der Waals surface area contributed by atoms with Crippen LogP contribution in [0, 0.1) is 0 Å². The van der Waals surface area contributed by atoms with Gasteiger partial charge >= 0.3 is 6.03 Å². The van der Waals surface area contributed by atoms with Gasteiger partial charge in [-0.3, -0.25) is 4.98 Å². The lowest BCUT2D eigenvalue weighted by atomic mass is 10.0. The molecule has 2 amide bonds. The predicted molar refractivity (Wildman–Crippen MR) is 90.5 cm³/mol. The number of hydrogen-bond donors (Lipinski definition) is 1. The average Bonchev–Trinajstić information content (AvgIpc) is 2.80. The molecule has 1 fully saturated rings. The summed E-state index contributed by atoms with van der Waals surface area (Å²) >= 11 is 7.50. The molecule has 0 aromatic carbocycles. The van der Waals surface area contributed by atoms with Gasteiger partial charge in [0.1, 0.15) is 4.34 Å². The van der Waals surface area contributed by atoms with Crippen LogP contribution >= 0.6 is 22.9 Å². The molecular formula is C16H18ClN3OS. The molecule has 1 atom stereocenters. The highest BCUT2D eigenvalue weighted by molar-refractivity contribution is 7.15. The van der Waals surface area contributed by atoms with Gasteiger partial charge in [0.05, 0.1) is 11.7 Å². The molecule has 0 aliphatic carbocycles. The van der Waals surface area contributed by atoms with Crippen molar-refractivity contribution in [3.05, 3.63) is 45.9 Å². The number of nitrogens with zero attached hydrogens (tertiary/aromatic N) is 2. The van der Waals surface area contributed by atoms with Gasteiger partial charge in [-0.1, -0.05) is 24.4 Å². The fraction of sp³-hybridized carbons (Fsp3) is 0.375. The number of hydrogen-bond acceptors (Lipinski definition) is 3. The lowest BCUT2D eigenvalue weighted by Crippen LogP contribution is -2.38. The summed E-state index contributed by atoms with van der Waals surface area (Å²) in [6, 6.07) is 5.85. The van der Waals surface area contributed by atoms with Crippen molar-refractivity contribution in [1.29, 1.82) is 0 Å². The zero-order valence-electron chi connectivity index (χ0n) is 12.2. The van der Waals surface area contributed by atoms with Gasteiger partial charge < -0.3 is 10.2 Å². The van der Waals surface area contributed by atoms with E-state index in [1.165, 1.54) is 11.3 Å². The van der Waals surface area contributed by atoms with E-state index in [-0.39, 0.29) is 12.1 Å². The van der Waals surface area contributed by atoms with Crippen molar-refractivity contribution in [3.8, 4) is 0 Å². The number of anilines is 1. The third-order valence-electron chi connectivity index (χ3n) is 3.96. The van der Waals surface area contributed by atoms with E-state index >= 15 is 0 Å². The molecule has 0 saturated carbocycles. The standard InChI is InChI=1S/C16H18ClN3OS/c17-15-13(7-11-22-15)19-16(21)20-10-3-1-2-4-14(20)12-5-8-18-9-6-12/h5-9,11,14H,1-4,10H2,(H,19,21). The average molecular weight is 336 g/mol. The van der Waals surface area contributed by atoms with E-state index < -0.39 is 0 Å². The Balaban J connectivity index is 1.81. The number of nitrogens with one attached hydrogen (secondary N) is 1. The molecule has 3 heterocycles. The Kier molecular flexibility index (Phi) is 4.95. The summed E-state index contributed by atoms with van der Waals surface area (Å²) in [6.07, 6.45) is 7.87. The molecule has 0 bridgehead atoms. The maximum absolute atomic E-state index is 12.7. The van der Waals surface area contributed by atoms with Crippen molar-refractivity contribution >= 4 is 34.7 Å². The molecular weight excluding hydrogens is 318 g/mol. The van der Waals surface area contributed by atoms with Crippen LogP contribution in [0.5, 0.6) is 0 Å². The van der Waals surface area contributed by atoms with E-state index in [0.717, 1.165) is 37.8 Å². The van der Waals surface area contributed by atoms with Crippen molar-refractivity contribution in [3.63, 3.8) is 0 Å². The first-order valence-electron chi connectivity index (χ1n) is 7.46. The maximum Gasteiger partial charge on any atom is 0.322 e. The van der Waals surface area contributed by atoms with Crippen molar-refractivity contribution in [1.82, 2.24) is 9.88 Å². The molecule has 1 saturated heterocycles. The number of carbonyl (C=O) groups excluding carboxylic acids is 1. The summed E-state index contributed by atoms with van der Waals surface area (Å²) in [5, 5.41) is 4.81. The Labute approximate surface area is 139 Å². The van der Waals surface area contributed by atoms with Gasteiger partial charge in [0, 0.05) is 18.9 Å². The minimum absolute atomic E-state index is 0.0796. The zero-order valence-corrected chi connectivity index (χ0v) is 13.7. The summed E-state index contributed by atoms with van der Waals surface area (Å²) in [6.45, 7) is 0.764. The van der Waals surface area contributed by atoms with Crippen LogP contribution in [0.3, 0.4) is 0 Å². The largest absolute Gasteiger partial charge is 0.322 e. The second kappa shape index (κ2) is 7.11. The van der Waals surface area contributed by atoms with Gasteiger partial charge in [-0.25, -0.2) is 4.79 Å². The monoisotopic (exact) mass is 335 g/mol. The van der Waals surface area contributed by atoms with Crippen LogP contribution in [0.1, 0.15) is 37.3 Å². The number of likely N-dealkylation sites (tertiary alicyclic amines) is 1. The molecule has 6 heteroatoms. The number of rotatable bonds is 2. The van der Waals surface area contributed by atoms with Gasteiger partial charge in [-0.15, -0.1) is 11.3 Å². The Morgan fingerprint density at radius 1 is 1.27 bits per heavy atom. The van der Waals surface area contributed by atoms with Crippen LogP contribution in [-0.2, 0) is 0 Å². The number of urea groups is 1. The van der Waals surface area contributed by atoms with E-state index in [4.69, 9.17) is 11.6 Å².